The van der Waals surface area contributed by atoms with Crippen molar-refractivity contribution in [3.05, 3.63) is 168 Å². The second-order valence-electron chi connectivity index (χ2n) is 21.7. The first-order chi connectivity index (χ1) is 43.0. The fraction of sp³-hybridized carbons (Fsp3) is 0.391. The highest BCUT2D eigenvalue weighted by Gasteiger charge is 2.34. The summed E-state index contributed by atoms with van der Waals surface area (Å²) in [6.45, 7) is 5.88. The van der Waals surface area contributed by atoms with Crippen molar-refractivity contribution in [2.75, 3.05) is 117 Å². The maximum absolute atomic E-state index is 14.5. The zero-order valence-corrected chi connectivity index (χ0v) is 52.2. The van der Waals surface area contributed by atoms with Crippen LogP contribution in [0.4, 0.5) is 5.82 Å². The molecule has 6 amide bonds. The van der Waals surface area contributed by atoms with E-state index in [0.29, 0.717) is 94.0 Å². The number of aliphatic hydroxyl groups excluding tert-OH is 1. The van der Waals surface area contributed by atoms with E-state index in [9.17, 15) is 38.7 Å². The molecule has 25 heteroatoms. The molecule has 0 unspecified atom stereocenters. The number of anilines is 1. The summed E-state index contributed by atoms with van der Waals surface area (Å²) in [7, 11) is 0. The molecule has 4 aromatic carbocycles. The van der Waals surface area contributed by atoms with Gasteiger partial charge in [0, 0.05) is 122 Å². The van der Waals surface area contributed by atoms with E-state index >= 15 is 0 Å². The van der Waals surface area contributed by atoms with Gasteiger partial charge in [-0.2, -0.15) is 0 Å². The second-order valence-corrected chi connectivity index (χ2v) is 23.3. The van der Waals surface area contributed by atoms with E-state index in [1.807, 2.05) is 42.5 Å². The van der Waals surface area contributed by atoms with Crippen LogP contribution in [-0.4, -0.2) is 200 Å². The Morgan fingerprint density at radius 1 is 0.640 bits per heavy atom. The van der Waals surface area contributed by atoms with Crippen LogP contribution in [0.2, 0.25) is 20.1 Å². The minimum absolute atomic E-state index is 0.0264. The lowest BCUT2D eigenvalue weighted by Crippen LogP contribution is -2.52. The van der Waals surface area contributed by atoms with Crippen LogP contribution in [-0.2, 0) is 57.6 Å². The average Bonchev–Trinajstić information content (AvgIpc) is 2.79. The summed E-state index contributed by atoms with van der Waals surface area (Å²) < 4.78 is 11.2. The number of piperazine rings is 1. The Bertz CT molecular complexity index is 3280. The summed E-state index contributed by atoms with van der Waals surface area (Å²) in [6.07, 6.45) is 5.13. The van der Waals surface area contributed by atoms with Crippen molar-refractivity contribution in [2.24, 2.45) is 0 Å². The van der Waals surface area contributed by atoms with Gasteiger partial charge in [-0.15, -0.1) is 0 Å². The van der Waals surface area contributed by atoms with E-state index in [0.717, 1.165) is 25.1 Å². The van der Waals surface area contributed by atoms with Gasteiger partial charge in [-0.3, -0.25) is 43.4 Å². The van der Waals surface area contributed by atoms with Crippen LogP contribution in [0.25, 0.3) is 12.2 Å². The largest absolute Gasteiger partial charge is 0.390 e. The molecule has 0 spiro atoms. The number of Topliss-reactive ketones (excluding diaryl/α,β-unsaturated/α-hetero) is 1. The third-order valence-electron chi connectivity index (χ3n) is 15.1. The number of likely N-dealkylation sites (tertiary alicyclic amines) is 1. The maximum Gasteiger partial charge on any atom is 0.270 e. The fourth-order valence-corrected chi connectivity index (χ4v) is 10.9. The van der Waals surface area contributed by atoms with Gasteiger partial charge >= 0.3 is 0 Å². The first-order valence-corrected chi connectivity index (χ1v) is 31.0. The van der Waals surface area contributed by atoms with Crippen LogP contribution >= 0.6 is 46.4 Å². The Morgan fingerprint density at radius 2 is 1.29 bits per heavy atom. The first kappa shape index (κ1) is 67.6. The molecule has 4 heterocycles. The highest BCUT2D eigenvalue weighted by Crippen LogP contribution is 2.29. The Kier molecular flexibility index (Phi) is 26.3. The number of hydrogen-bond donors (Lipinski definition) is 6. The molecule has 5 aromatic rings. The molecule has 3 aliphatic heterocycles. The summed E-state index contributed by atoms with van der Waals surface area (Å²) in [5.41, 5.74) is 5.33. The van der Waals surface area contributed by atoms with Crippen LogP contribution < -0.4 is 26.6 Å². The van der Waals surface area contributed by atoms with Crippen LogP contribution in [0.5, 0.6) is 0 Å². The monoisotopic (exact) mass is 1300 g/mol. The predicted octanol–water partition coefficient (Wildman–Crippen LogP) is 5.54. The van der Waals surface area contributed by atoms with Crippen LogP contribution in [0.15, 0.2) is 115 Å². The number of β-amino-alcohol motifs (C(OH)–C–C–N with tert-alkyl or cyclic N) is 1. The number of ether oxygens (including phenoxy) is 2. The van der Waals surface area contributed by atoms with Gasteiger partial charge in [-0.05, 0) is 77.1 Å². The molecule has 1 aromatic heterocycles. The molecule has 0 aliphatic carbocycles. The zero-order valence-electron chi connectivity index (χ0n) is 49.2. The number of aromatic nitrogens is 2. The van der Waals surface area contributed by atoms with E-state index in [-0.39, 0.29) is 114 Å². The van der Waals surface area contributed by atoms with E-state index < -0.39 is 29.9 Å². The van der Waals surface area contributed by atoms with Gasteiger partial charge in [-0.1, -0.05) is 113 Å². The second kappa shape index (κ2) is 34.6. The quantitative estimate of drug-likeness (QED) is 0.0254. The van der Waals surface area contributed by atoms with Crippen molar-refractivity contribution in [1.82, 2.24) is 50.8 Å². The van der Waals surface area contributed by atoms with Gasteiger partial charge in [0.2, 0.25) is 29.5 Å². The average molecular weight is 1300 g/mol. The van der Waals surface area contributed by atoms with Crippen molar-refractivity contribution >= 4 is 106 Å². The molecule has 8 rings (SSSR count). The SMILES string of the molecule is O=C(CCCC(=O)N[C@H](Cc1ccccc1)C(=O)N1C/C(=C\c2ccc(Cl)c(Cl)c2)C(=O)/C(=C/c2ccc(Cl)c(Cl)c2)C1)NCCOCCOCC(=O)N1CCN(CCNC(=O)CNc2cc(C(=O)NC[C@H](O)CN3CCc4ccccc4C3)ncn2)CC1. The number of carbonyl (C=O) groups is 7. The van der Waals surface area contributed by atoms with Gasteiger partial charge in [0.1, 0.15) is 30.5 Å². The Hall–Kier alpha value is -7.31. The third kappa shape index (κ3) is 21.7. The van der Waals surface area contributed by atoms with Crippen LogP contribution in [0.1, 0.15) is 57.6 Å². The number of hydrogen-bond acceptors (Lipinski definition) is 15. The summed E-state index contributed by atoms with van der Waals surface area (Å²) in [5, 5.41) is 26.1. The molecule has 0 bridgehead atoms. The minimum Gasteiger partial charge on any atom is -0.390 e. The number of aliphatic hydroxyl groups is 1. The Balaban J connectivity index is 0.665. The number of nitrogens with zero attached hydrogens (tertiary/aromatic N) is 6. The van der Waals surface area contributed by atoms with E-state index in [1.165, 1.54) is 28.4 Å². The predicted molar refractivity (Wildman–Crippen MR) is 341 cm³/mol. The number of halogens is 4. The number of piperidine rings is 1. The van der Waals surface area contributed by atoms with Crippen molar-refractivity contribution in [1.29, 1.82) is 0 Å². The summed E-state index contributed by atoms with van der Waals surface area (Å²) in [4.78, 5) is 109. The lowest BCUT2D eigenvalue weighted by atomic mass is 9.93. The lowest BCUT2D eigenvalue weighted by Gasteiger charge is -2.34. The van der Waals surface area contributed by atoms with Gasteiger partial charge in [0.15, 0.2) is 5.78 Å². The summed E-state index contributed by atoms with van der Waals surface area (Å²) in [5.74, 6) is -1.94. The number of amides is 6. The van der Waals surface area contributed by atoms with Crippen molar-refractivity contribution in [3.63, 3.8) is 0 Å². The number of carbonyl (C=O) groups excluding carboxylic acids is 7. The molecule has 0 saturated carbocycles. The van der Waals surface area contributed by atoms with Crippen molar-refractivity contribution in [3.8, 4) is 0 Å². The highest BCUT2D eigenvalue weighted by molar-refractivity contribution is 6.42. The molecule has 89 heavy (non-hydrogen) atoms. The Morgan fingerprint density at radius 3 is 1.99 bits per heavy atom. The fourth-order valence-electron chi connectivity index (χ4n) is 10.3. The van der Waals surface area contributed by atoms with Gasteiger partial charge in [0.05, 0.1) is 52.6 Å². The molecule has 0 radical (unpaired) electrons. The Labute approximate surface area is 537 Å². The number of nitrogens with one attached hydrogen (secondary N) is 5. The normalized spacial score (nSPS) is 16.1. The standard InChI is InChI=1S/C64H73Cl4N11O10/c65-51-15-13-44(31-53(51)67)29-48-38-79(39-49(62(48)85)30-45-14-16-52(66)54(68)32-45)64(87)56(33-43-7-2-1-3-8-43)75-59(82)12-6-11-58(81)70-19-26-88-27-28-89-41-61(84)78-24-22-76(23-25-78)21-18-69-60(83)36-71-57-34-55(73-42-74-57)63(86)72-35-50(80)40-77-20-17-46-9-4-5-10-47(46)37-77/h1-5,7-10,13-16,29-32,34,42,50,56,80H,6,11-12,17-28,33,35-41H2,(H,69,83)(H,70,81)(H,72,86)(H,75,82)(H,71,73,74)/b48-29+,49-30+/t50-,56+/m0/s1. The molecule has 3 aliphatic rings. The van der Waals surface area contributed by atoms with E-state index in [1.54, 1.807) is 53.5 Å². The molecular weight excluding hydrogens is 1220 g/mol. The van der Waals surface area contributed by atoms with Gasteiger partial charge in [-0.25, -0.2) is 9.97 Å². The van der Waals surface area contributed by atoms with Crippen LogP contribution in [0.3, 0.4) is 0 Å². The third-order valence-corrected chi connectivity index (χ3v) is 16.5. The van der Waals surface area contributed by atoms with Crippen LogP contribution in [0, 0.1) is 0 Å². The van der Waals surface area contributed by atoms with Crippen molar-refractivity contribution in [2.45, 2.75) is 50.8 Å². The molecule has 472 valence electrons. The minimum atomic E-state index is -1.00. The number of rotatable bonds is 29. The maximum atomic E-state index is 14.5. The van der Waals surface area contributed by atoms with Crippen molar-refractivity contribution < 1.29 is 48.1 Å². The molecule has 6 N–H and O–H groups in total. The molecule has 2 fully saturated rings. The number of ketones is 1. The van der Waals surface area contributed by atoms with E-state index in [2.05, 4.69) is 58.5 Å². The smallest absolute Gasteiger partial charge is 0.270 e. The van der Waals surface area contributed by atoms with Gasteiger partial charge < -0.3 is 51.0 Å². The number of fused-ring (bicyclic) bond motifs is 1. The zero-order chi connectivity index (χ0) is 63.1. The molecule has 2 atom stereocenters. The van der Waals surface area contributed by atoms with Gasteiger partial charge in [0.25, 0.3) is 5.91 Å². The molecular formula is C64H73Cl4N11O10. The molecule has 2 saturated heterocycles. The number of benzene rings is 4. The van der Waals surface area contributed by atoms with E-state index in [4.69, 9.17) is 55.9 Å². The topological polar surface area (TPSA) is 257 Å². The summed E-state index contributed by atoms with van der Waals surface area (Å²) in [6, 6.07) is 27.9. The lowest BCUT2D eigenvalue weighted by molar-refractivity contribution is -0.138. The first-order valence-electron chi connectivity index (χ1n) is 29.5. The highest BCUT2D eigenvalue weighted by atomic mass is 35.5. The molecule has 21 nitrogen and oxygen atoms in total. The summed E-state index contributed by atoms with van der Waals surface area (Å²) >= 11 is 25.0.